The molecule has 1 aromatic carbocycles. The van der Waals surface area contributed by atoms with E-state index in [1.807, 2.05) is 18.2 Å². The van der Waals surface area contributed by atoms with E-state index in [-0.39, 0.29) is 17.8 Å². The molecule has 1 aliphatic carbocycles. The molecule has 132 valence electrons. The van der Waals surface area contributed by atoms with Gasteiger partial charge >= 0.3 is 5.97 Å². The normalized spacial score (nSPS) is 15.6. The van der Waals surface area contributed by atoms with Crippen LogP contribution in [0.5, 0.6) is 0 Å². The van der Waals surface area contributed by atoms with E-state index < -0.39 is 6.04 Å². The molecule has 0 aromatic heterocycles. The SMILES string of the molecule is C[C@H](NC(=O)C1CCC1)C(=O)OCCCN(C)Cc1ccccc1. The summed E-state index contributed by atoms with van der Waals surface area (Å²) in [4.78, 5) is 25.9. The van der Waals surface area contributed by atoms with Crippen molar-refractivity contribution in [1.29, 1.82) is 0 Å². The number of nitrogens with one attached hydrogen (secondary N) is 1. The van der Waals surface area contributed by atoms with E-state index in [1.54, 1.807) is 6.92 Å². The van der Waals surface area contributed by atoms with E-state index in [0.29, 0.717) is 6.61 Å². The fraction of sp³-hybridized carbons (Fsp3) is 0.579. The van der Waals surface area contributed by atoms with Crippen molar-refractivity contribution < 1.29 is 14.3 Å². The van der Waals surface area contributed by atoms with Crippen LogP contribution in [-0.4, -0.2) is 43.0 Å². The van der Waals surface area contributed by atoms with Crippen LogP contribution in [0.15, 0.2) is 30.3 Å². The van der Waals surface area contributed by atoms with Crippen LogP contribution in [0.25, 0.3) is 0 Å². The summed E-state index contributed by atoms with van der Waals surface area (Å²) in [6, 6.07) is 9.70. The van der Waals surface area contributed by atoms with E-state index >= 15 is 0 Å². The van der Waals surface area contributed by atoms with Crippen LogP contribution in [0.1, 0.15) is 38.2 Å². The highest BCUT2D eigenvalue weighted by Gasteiger charge is 2.27. The molecule has 0 unspecified atom stereocenters. The second-order valence-electron chi connectivity index (χ2n) is 6.60. The predicted molar refractivity (Wildman–Crippen MR) is 93.3 cm³/mol. The standard InChI is InChI=1S/C19H28N2O3/c1-15(20-18(22)17-10-6-11-17)19(23)24-13-7-12-21(2)14-16-8-4-3-5-9-16/h3-5,8-9,15,17H,6-7,10-14H2,1-2H3,(H,20,22)/t15-/m0/s1. The van der Waals surface area contributed by atoms with E-state index in [0.717, 1.165) is 38.8 Å². The first kappa shape index (κ1) is 18.5. The molecular weight excluding hydrogens is 304 g/mol. The summed E-state index contributed by atoms with van der Waals surface area (Å²) >= 11 is 0. The zero-order chi connectivity index (χ0) is 17.4. The number of esters is 1. The van der Waals surface area contributed by atoms with Gasteiger partial charge in [-0.25, -0.2) is 4.79 Å². The van der Waals surface area contributed by atoms with Crippen LogP contribution in [0.2, 0.25) is 0 Å². The third kappa shape index (κ3) is 5.96. The molecule has 1 aliphatic rings. The highest BCUT2D eigenvalue weighted by Crippen LogP contribution is 2.26. The monoisotopic (exact) mass is 332 g/mol. The molecule has 1 aromatic rings. The predicted octanol–water partition coefficient (Wildman–Crippen LogP) is 2.36. The number of hydrogen-bond acceptors (Lipinski definition) is 4. The van der Waals surface area contributed by atoms with Gasteiger partial charge in [0.1, 0.15) is 6.04 Å². The molecule has 2 rings (SSSR count). The largest absolute Gasteiger partial charge is 0.464 e. The Morgan fingerprint density at radius 2 is 2.00 bits per heavy atom. The first-order chi connectivity index (χ1) is 11.6. The highest BCUT2D eigenvalue weighted by atomic mass is 16.5. The van der Waals surface area contributed by atoms with Crippen molar-refractivity contribution in [2.24, 2.45) is 5.92 Å². The van der Waals surface area contributed by atoms with Crippen molar-refractivity contribution in [3.8, 4) is 0 Å². The molecule has 1 amide bonds. The molecule has 0 saturated heterocycles. The van der Waals surface area contributed by atoms with Gasteiger partial charge in [0.05, 0.1) is 6.61 Å². The maximum absolute atomic E-state index is 11.9. The third-order valence-electron chi connectivity index (χ3n) is 4.41. The molecule has 0 bridgehead atoms. The Balaban J connectivity index is 1.57. The second kappa shape index (κ2) is 9.42. The number of carbonyl (C=O) groups is 2. The average Bonchev–Trinajstić information content (AvgIpc) is 2.50. The summed E-state index contributed by atoms with van der Waals surface area (Å²) in [5, 5.41) is 2.74. The summed E-state index contributed by atoms with van der Waals surface area (Å²) in [7, 11) is 2.05. The Morgan fingerprint density at radius 3 is 2.62 bits per heavy atom. The van der Waals surface area contributed by atoms with Crippen LogP contribution in [-0.2, 0) is 20.9 Å². The van der Waals surface area contributed by atoms with Crippen LogP contribution in [0.4, 0.5) is 0 Å². The first-order valence-electron chi connectivity index (χ1n) is 8.75. The van der Waals surface area contributed by atoms with Gasteiger partial charge in [0.2, 0.25) is 5.91 Å². The molecule has 0 heterocycles. The Bertz CT molecular complexity index is 529. The van der Waals surface area contributed by atoms with E-state index in [4.69, 9.17) is 4.74 Å². The summed E-state index contributed by atoms with van der Waals surface area (Å²) in [6.07, 6.45) is 3.74. The number of nitrogens with zero attached hydrogens (tertiary/aromatic N) is 1. The van der Waals surface area contributed by atoms with E-state index in [1.165, 1.54) is 5.56 Å². The number of hydrogen-bond donors (Lipinski definition) is 1. The first-order valence-corrected chi connectivity index (χ1v) is 8.75. The number of rotatable bonds is 9. The lowest BCUT2D eigenvalue weighted by molar-refractivity contribution is -0.148. The zero-order valence-corrected chi connectivity index (χ0v) is 14.7. The number of ether oxygens (including phenoxy) is 1. The fourth-order valence-electron chi connectivity index (χ4n) is 2.67. The molecule has 0 aliphatic heterocycles. The van der Waals surface area contributed by atoms with Gasteiger partial charge in [-0.3, -0.25) is 4.79 Å². The fourth-order valence-corrected chi connectivity index (χ4v) is 2.67. The van der Waals surface area contributed by atoms with Crippen LogP contribution < -0.4 is 5.32 Å². The average molecular weight is 332 g/mol. The van der Waals surface area contributed by atoms with Gasteiger partial charge in [-0.15, -0.1) is 0 Å². The van der Waals surface area contributed by atoms with Gasteiger partial charge in [-0.05, 0) is 38.8 Å². The van der Waals surface area contributed by atoms with Crippen molar-refractivity contribution >= 4 is 11.9 Å². The zero-order valence-electron chi connectivity index (χ0n) is 14.7. The lowest BCUT2D eigenvalue weighted by Gasteiger charge is -2.25. The molecule has 1 N–H and O–H groups in total. The molecular formula is C19H28N2O3. The number of carbonyl (C=O) groups excluding carboxylic acids is 2. The number of amides is 1. The van der Waals surface area contributed by atoms with Gasteiger partial charge in [0.25, 0.3) is 0 Å². The minimum Gasteiger partial charge on any atom is -0.464 e. The van der Waals surface area contributed by atoms with Gasteiger partial charge in [-0.2, -0.15) is 0 Å². The van der Waals surface area contributed by atoms with Gasteiger partial charge in [0.15, 0.2) is 0 Å². The summed E-state index contributed by atoms with van der Waals surface area (Å²) in [6.45, 7) is 3.79. The molecule has 24 heavy (non-hydrogen) atoms. The minimum atomic E-state index is -0.569. The maximum Gasteiger partial charge on any atom is 0.328 e. The summed E-state index contributed by atoms with van der Waals surface area (Å²) < 4.78 is 5.26. The molecule has 0 radical (unpaired) electrons. The van der Waals surface area contributed by atoms with Crippen molar-refractivity contribution in [3.63, 3.8) is 0 Å². The smallest absolute Gasteiger partial charge is 0.328 e. The highest BCUT2D eigenvalue weighted by molar-refractivity contribution is 5.85. The summed E-state index contributed by atoms with van der Waals surface area (Å²) in [5.41, 5.74) is 1.27. The Morgan fingerprint density at radius 1 is 1.29 bits per heavy atom. The topological polar surface area (TPSA) is 58.6 Å². The van der Waals surface area contributed by atoms with E-state index in [9.17, 15) is 9.59 Å². The molecule has 1 fully saturated rings. The molecule has 1 saturated carbocycles. The van der Waals surface area contributed by atoms with Crippen molar-refractivity contribution in [2.75, 3.05) is 20.2 Å². The maximum atomic E-state index is 11.9. The molecule has 5 heteroatoms. The van der Waals surface area contributed by atoms with Crippen LogP contribution >= 0.6 is 0 Å². The van der Waals surface area contributed by atoms with Crippen LogP contribution in [0, 0.1) is 5.92 Å². The third-order valence-corrected chi connectivity index (χ3v) is 4.41. The van der Waals surface area contributed by atoms with Crippen LogP contribution in [0.3, 0.4) is 0 Å². The molecule has 0 spiro atoms. The Kier molecular flexibility index (Phi) is 7.25. The van der Waals surface area contributed by atoms with Crippen molar-refractivity contribution in [2.45, 2.75) is 45.2 Å². The quantitative estimate of drug-likeness (QED) is 0.557. The molecule has 1 atom stereocenters. The van der Waals surface area contributed by atoms with Crippen molar-refractivity contribution in [1.82, 2.24) is 10.2 Å². The lowest BCUT2D eigenvalue weighted by atomic mass is 9.84. The Hall–Kier alpha value is -1.88. The van der Waals surface area contributed by atoms with E-state index in [2.05, 4.69) is 29.4 Å². The molecule has 5 nitrogen and oxygen atoms in total. The van der Waals surface area contributed by atoms with Crippen molar-refractivity contribution in [3.05, 3.63) is 35.9 Å². The van der Waals surface area contributed by atoms with Gasteiger partial charge in [0, 0.05) is 19.0 Å². The Labute approximate surface area is 144 Å². The number of benzene rings is 1. The van der Waals surface area contributed by atoms with Gasteiger partial charge < -0.3 is 15.0 Å². The van der Waals surface area contributed by atoms with Gasteiger partial charge in [-0.1, -0.05) is 36.8 Å². The second-order valence-corrected chi connectivity index (χ2v) is 6.60. The minimum absolute atomic E-state index is 0.0201. The lowest BCUT2D eigenvalue weighted by Crippen LogP contribution is -2.44. The summed E-state index contributed by atoms with van der Waals surface area (Å²) in [5.74, 6) is -0.284.